The minimum absolute atomic E-state index is 0.0709. The molecule has 0 saturated carbocycles. The van der Waals surface area contributed by atoms with E-state index in [9.17, 15) is 0 Å². The van der Waals surface area contributed by atoms with Gasteiger partial charge < -0.3 is 5.11 Å². The maximum Gasteiger partial charge on any atom is 0.0957 e. The third kappa shape index (κ3) is 1.49. The van der Waals surface area contributed by atoms with Crippen LogP contribution in [0.3, 0.4) is 0 Å². The van der Waals surface area contributed by atoms with Crippen molar-refractivity contribution in [3.05, 3.63) is 30.4 Å². The summed E-state index contributed by atoms with van der Waals surface area (Å²) >= 11 is 0. The Bertz CT molecular complexity index is 424. The van der Waals surface area contributed by atoms with Crippen molar-refractivity contribution in [1.29, 1.82) is 0 Å². The van der Waals surface area contributed by atoms with Crippen LogP contribution in [-0.4, -0.2) is 25.1 Å². The van der Waals surface area contributed by atoms with Crippen molar-refractivity contribution >= 4 is 0 Å². The van der Waals surface area contributed by atoms with Gasteiger partial charge in [-0.2, -0.15) is 15.3 Å². The summed E-state index contributed by atoms with van der Waals surface area (Å²) in [4.78, 5) is 0. The Labute approximate surface area is 81.0 Å². The lowest BCUT2D eigenvalue weighted by Crippen LogP contribution is -1.91. The number of aryl methyl sites for hydroxylation is 1. The summed E-state index contributed by atoms with van der Waals surface area (Å²) in [5, 5.41) is 20.7. The first kappa shape index (κ1) is 8.83. The van der Waals surface area contributed by atoms with Gasteiger partial charge in [-0.15, -0.1) is 0 Å². The SMILES string of the molecule is Cn1cc(-c2ccnnc2)c(CO)n1. The molecule has 0 bridgehead atoms. The van der Waals surface area contributed by atoms with Gasteiger partial charge in [-0.1, -0.05) is 0 Å². The summed E-state index contributed by atoms with van der Waals surface area (Å²) < 4.78 is 1.67. The summed E-state index contributed by atoms with van der Waals surface area (Å²) in [7, 11) is 1.82. The molecule has 0 spiro atoms. The minimum atomic E-state index is -0.0709. The molecule has 0 fully saturated rings. The fourth-order valence-corrected chi connectivity index (χ4v) is 1.34. The number of hydrogen-bond acceptors (Lipinski definition) is 4. The van der Waals surface area contributed by atoms with Gasteiger partial charge in [0.15, 0.2) is 0 Å². The van der Waals surface area contributed by atoms with E-state index in [0.717, 1.165) is 11.1 Å². The smallest absolute Gasteiger partial charge is 0.0957 e. The highest BCUT2D eigenvalue weighted by Crippen LogP contribution is 2.20. The first-order valence-corrected chi connectivity index (χ1v) is 4.21. The predicted octanol–water partition coefficient (Wildman–Crippen LogP) is 0.369. The molecule has 2 aromatic rings. The molecule has 0 unspecified atom stereocenters. The van der Waals surface area contributed by atoms with Gasteiger partial charge in [0.2, 0.25) is 0 Å². The maximum absolute atomic E-state index is 9.08. The second-order valence-electron chi connectivity index (χ2n) is 2.95. The standard InChI is InChI=1S/C9H10N4O/c1-13-5-8(9(6-14)12-13)7-2-3-10-11-4-7/h2-5,14H,6H2,1H3. The summed E-state index contributed by atoms with van der Waals surface area (Å²) in [6.07, 6.45) is 5.11. The molecule has 0 aliphatic carbocycles. The fourth-order valence-electron chi connectivity index (χ4n) is 1.34. The van der Waals surface area contributed by atoms with E-state index in [1.165, 1.54) is 0 Å². The van der Waals surface area contributed by atoms with Crippen molar-refractivity contribution < 1.29 is 5.11 Å². The molecular weight excluding hydrogens is 180 g/mol. The normalized spacial score (nSPS) is 10.4. The number of nitrogens with zero attached hydrogens (tertiary/aromatic N) is 4. The van der Waals surface area contributed by atoms with Crippen LogP contribution in [0, 0.1) is 0 Å². The lowest BCUT2D eigenvalue weighted by atomic mass is 10.1. The van der Waals surface area contributed by atoms with E-state index < -0.39 is 0 Å². The van der Waals surface area contributed by atoms with Gasteiger partial charge >= 0.3 is 0 Å². The molecular formula is C9H10N4O. The Morgan fingerprint density at radius 2 is 2.29 bits per heavy atom. The average molecular weight is 190 g/mol. The van der Waals surface area contributed by atoms with Gasteiger partial charge in [-0.25, -0.2) is 0 Å². The van der Waals surface area contributed by atoms with Gasteiger partial charge in [0.05, 0.1) is 24.7 Å². The first-order chi connectivity index (χ1) is 6.81. The van der Waals surface area contributed by atoms with E-state index in [0.29, 0.717) is 5.69 Å². The highest BCUT2D eigenvalue weighted by Gasteiger charge is 2.08. The highest BCUT2D eigenvalue weighted by molar-refractivity contribution is 5.63. The Balaban J connectivity index is 2.51. The monoisotopic (exact) mass is 190 g/mol. The van der Waals surface area contributed by atoms with Gasteiger partial charge in [0.1, 0.15) is 0 Å². The first-order valence-electron chi connectivity index (χ1n) is 4.21. The molecule has 1 N–H and O–H groups in total. The molecule has 0 aromatic carbocycles. The van der Waals surface area contributed by atoms with Gasteiger partial charge in [-0.3, -0.25) is 4.68 Å². The Morgan fingerprint density at radius 3 is 2.93 bits per heavy atom. The van der Waals surface area contributed by atoms with Crippen molar-refractivity contribution in [2.45, 2.75) is 6.61 Å². The molecule has 5 heteroatoms. The molecule has 72 valence electrons. The van der Waals surface area contributed by atoms with Crippen LogP contribution in [0.2, 0.25) is 0 Å². The second-order valence-corrected chi connectivity index (χ2v) is 2.95. The molecule has 0 atom stereocenters. The Morgan fingerprint density at radius 1 is 1.43 bits per heavy atom. The summed E-state index contributed by atoms with van der Waals surface area (Å²) in [6, 6.07) is 1.84. The van der Waals surface area contributed by atoms with Crippen molar-refractivity contribution in [2.75, 3.05) is 0 Å². The lowest BCUT2D eigenvalue weighted by Gasteiger charge is -1.96. The number of rotatable bonds is 2. The summed E-state index contributed by atoms with van der Waals surface area (Å²) in [6.45, 7) is -0.0709. The quantitative estimate of drug-likeness (QED) is 0.743. The van der Waals surface area contributed by atoms with Crippen LogP contribution >= 0.6 is 0 Å². The van der Waals surface area contributed by atoms with Crippen LogP contribution in [0.25, 0.3) is 11.1 Å². The van der Waals surface area contributed by atoms with Crippen LogP contribution in [0.5, 0.6) is 0 Å². The predicted molar refractivity (Wildman–Crippen MR) is 50.2 cm³/mol. The Hall–Kier alpha value is -1.75. The molecule has 2 heterocycles. The molecule has 0 amide bonds. The fraction of sp³-hybridized carbons (Fsp3) is 0.222. The van der Waals surface area contributed by atoms with Crippen LogP contribution in [0.15, 0.2) is 24.7 Å². The van der Waals surface area contributed by atoms with E-state index in [4.69, 9.17) is 5.11 Å². The Kier molecular flexibility index (Phi) is 2.24. The van der Waals surface area contributed by atoms with Crippen LogP contribution < -0.4 is 0 Å². The highest BCUT2D eigenvalue weighted by atomic mass is 16.3. The van der Waals surface area contributed by atoms with Crippen LogP contribution in [0.1, 0.15) is 5.69 Å². The summed E-state index contributed by atoms with van der Waals surface area (Å²) in [5.41, 5.74) is 2.46. The summed E-state index contributed by atoms with van der Waals surface area (Å²) in [5.74, 6) is 0. The van der Waals surface area contributed by atoms with Crippen LogP contribution in [0.4, 0.5) is 0 Å². The topological polar surface area (TPSA) is 63.8 Å². The molecule has 14 heavy (non-hydrogen) atoms. The van der Waals surface area contributed by atoms with Crippen LogP contribution in [-0.2, 0) is 13.7 Å². The van der Waals surface area contributed by atoms with Gasteiger partial charge in [0, 0.05) is 24.4 Å². The maximum atomic E-state index is 9.08. The molecule has 2 aromatic heterocycles. The number of hydrogen-bond donors (Lipinski definition) is 1. The van der Waals surface area contributed by atoms with E-state index in [1.807, 2.05) is 19.3 Å². The van der Waals surface area contributed by atoms with E-state index >= 15 is 0 Å². The number of aliphatic hydroxyl groups excluding tert-OH is 1. The molecule has 5 nitrogen and oxygen atoms in total. The van der Waals surface area contributed by atoms with Crippen molar-refractivity contribution in [3.63, 3.8) is 0 Å². The van der Waals surface area contributed by atoms with Gasteiger partial charge in [-0.05, 0) is 6.07 Å². The average Bonchev–Trinajstić information content (AvgIpc) is 2.61. The van der Waals surface area contributed by atoms with E-state index in [2.05, 4.69) is 15.3 Å². The third-order valence-electron chi connectivity index (χ3n) is 1.95. The van der Waals surface area contributed by atoms with E-state index in [-0.39, 0.29) is 6.61 Å². The van der Waals surface area contributed by atoms with E-state index in [1.54, 1.807) is 17.1 Å². The lowest BCUT2D eigenvalue weighted by molar-refractivity contribution is 0.276. The zero-order valence-corrected chi connectivity index (χ0v) is 7.75. The largest absolute Gasteiger partial charge is 0.390 e. The zero-order chi connectivity index (χ0) is 9.97. The van der Waals surface area contributed by atoms with Crippen molar-refractivity contribution in [3.8, 4) is 11.1 Å². The third-order valence-corrected chi connectivity index (χ3v) is 1.95. The molecule has 0 radical (unpaired) electrons. The second kappa shape index (κ2) is 3.55. The zero-order valence-electron chi connectivity index (χ0n) is 7.75. The molecule has 0 aliphatic heterocycles. The number of aliphatic hydroxyl groups is 1. The number of aromatic nitrogens is 4. The minimum Gasteiger partial charge on any atom is -0.390 e. The van der Waals surface area contributed by atoms with Crippen molar-refractivity contribution in [1.82, 2.24) is 20.0 Å². The molecule has 2 rings (SSSR count). The van der Waals surface area contributed by atoms with Crippen molar-refractivity contribution in [2.24, 2.45) is 7.05 Å². The molecule has 0 aliphatic rings. The van der Waals surface area contributed by atoms with Gasteiger partial charge in [0.25, 0.3) is 0 Å². The molecule has 0 saturated heterocycles.